The first-order valence-corrected chi connectivity index (χ1v) is 5.97. The summed E-state index contributed by atoms with van der Waals surface area (Å²) in [4.78, 5) is 0. The maximum absolute atomic E-state index is 9.87. The molecule has 4 heteroatoms. The summed E-state index contributed by atoms with van der Waals surface area (Å²) in [6, 6.07) is 5.19. The lowest BCUT2D eigenvalue weighted by Gasteiger charge is -2.35. The van der Waals surface area contributed by atoms with Gasteiger partial charge in [-0.3, -0.25) is 0 Å². The summed E-state index contributed by atoms with van der Waals surface area (Å²) in [6.45, 7) is 3.30. The molecule has 4 nitrogen and oxygen atoms in total. The van der Waals surface area contributed by atoms with E-state index >= 15 is 0 Å². The van der Waals surface area contributed by atoms with E-state index in [1.165, 1.54) is 0 Å². The first-order valence-electron chi connectivity index (χ1n) is 5.97. The number of benzene rings is 1. The minimum Gasteiger partial charge on any atom is -0.508 e. The summed E-state index contributed by atoms with van der Waals surface area (Å²) in [6.07, 6.45) is 1.71. The Labute approximate surface area is 106 Å². The second kappa shape index (κ2) is 4.72. The number of phenols is 1. The Morgan fingerprint density at radius 1 is 1.22 bits per heavy atom. The van der Waals surface area contributed by atoms with Gasteiger partial charge in [0.05, 0.1) is 18.8 Å². The van der Waals surface area contributed by atoms with Crippen molar-refractivity contribution in [3.63, 3.8) is 0 Å². The lowest BCUT2D eigenvalue weighted by atomic mass is 9.91. The number of aromatic hydroxyl groups is 1. The molecule has 18 heavy (non-hydrogen) atoms. The van der Waals surface area contributed by atoms with Crippen LogP contribution in [0.3, 0.4) is 0 Å². The number of phenolic OH excluding ortho intramolecular Hbond substituents is 1. The van der Waals surface area contributed by atoms with Crippen molar-refractivity contribution in [1.82, 2.24) is 0 Å². The van der Waals surface area contributed by atoms with Gasteiger partial charge in [0.1, 0.15) is 11.4 Å². The number of hydrogen-bond acceptors (Lipinski definition) is 4. The monoisotopic (exact) mass is 250 g/mol. The molecular formula is C14H18O4. The van der Waals surface area contributed by atoms with Gasteiger partial charge in [0.2, 0.25) is 0 Å². The van der Waals surface area contributed by atoms with Crippen LogP contribution in [0.1, 0.15) is 25.0 Å². The highest BCUT2D eigenvalue weighted by Crippen LogP contribution is 2.33. The number of rotatable bonds is 2. The zero-order valence-corrected chi connectivity index (χ0v) is 10.5. The Morgan fingerprint density at radius 2 is 1.89 bits per heavy atom. The van der Waals surface area contributed by atoms with Crippen LogP contribution in [0, 0.1) is 0 Å². The van der Waals surface area contributed by atoms with E-state index in [2.05, 4.69) is 0 Å². The highest BCUT2D eigenvalue weighted by atomic mass is 16.5. The summed E-state index contributed by atoms with van der Waals surface area (Å²) in [5.41, 5.74) is 0.348. The maximum atomic E-state index is 9.87. The van der Waals surface area contributed by atoms with Gasteiger partial charge < -0.3 is 20.1 Å². The van der Waals surface area contributed by atoms with Crippen LogP contribution in [-0.4, -0.2) is 33.1 Å². The molecule has 2 rings (SSSR count). The summed E-state index contributed by atoms with van der Waals surface area (Å²) >= 11 is 0. The molecule has 0 saturated heterocycles. The van der Waals surface area contributed by atoms with Crippen molar-refractivity contribution in [2.75, 3.05) is 0 Å². The predicted molar refractivity (Wildman–Crippen MR) is 68.0 cm³/mol. The molecule has 1 aromatic carbocycles. The quantitative estimate of drug-likeness (QED) is 0.742. The van der Waals surface area contributed by atoms with Gasteiger partial charge in [0.15, 0.2) is 0 Å². The second-order valence-electron chi connectivity index (χ2n) is 4.67. The van der Waals surface area contributed by atoms with Gasteiger partial charge in [-0.15, -0.1) is 0 Å². The van der Waals surface area contributed by atoms with Crippen LogP contribution >= 0.6 is 0 Å². The molecule has 0 aliphatic carbocycles. The Hall–Kier alpha value is -1.36. The number of aliphatic hydroxyl groups is 2. The van der Waals surface area contributed by atoms with Crippen LogP contribution in [0.15, 0.2) is 24.3 Å². The first-order chi connectivity index (χ1) is 8.47. The van der Waals surface area contributed by atoms with E-state index in [1.807, 2.05) is 6.07 Å². The molecule has 0 fully saturated rings. The molecule has 3 N–H and O–H groups in total. The Morgan fingerprint density at radius 3 is 2.50 bits per heavy atom. The van der Waals surface area contributed by atoms with Gasteiger partial charge in [-0.05, 0) is 31.6 Å². The second-order valence-corrected chi connectivity index (χ2v) is 4.67. The minimum absolute atomic E-state index is 0.144. The minimum atomic E-state index is -1.15. The SMILES string of the molecule is C[C@H](O)C1([C@H](C)O)C=Cc2cccc(O)c2CO1. The lowest BCUT2D eigenvalue weighted by molar-refractivity contribution is -0.148. The van der Waals surface area contributed by atoms with Crippen molar-refractivity contribution in [3.8, 4) is 5.75 Å². The van der Waals surface area contributed by atoms with Crippen molar-refractivity contribution in [3.05, 3.63) is 35.4 Å². The van der Waals surface area contributed by atoms with Gasteiger partial charge in [0, 0.05) is 5.56 Å². The van der Waals surface area contributed by atoms with Crippen LogP contribution < -0.4 is 0 Å². The molecule has 0 amide bonds. The fourth-order valence-electron chi connectivity index (χ4n) is 2.24. The number of aliphatic hydroxyl groups excluding tert-OH is 2. The molecule has 0 bridgehead atoms. The van der Waals surface area contributed by atoms with Crippen molar-refractivity contribution in [2.45, 2.75) is 38.3 Å². The molecule has 1 aliphatic rings. The zero-order valence-electron chi connectivity index (χ0n) is 10.5. The first kappa shape index (κ1) is 13.1. The van der Waals surface area contributed by atoms with Crippen LogP contribution in [0.2, 0.25) is 0 Å². The summed E-state index contributed by atoms with van der Waals surface area (Å²) < 4.78 is 5.67. The van der Waals surface area contributed by atoms with E-state index in [1.54, 1.807) is 38.1 Å². The summed E-state index contributed by atoms with van der Waals surface area (Å²) in [7, 11) is 0. The van der Waals surface area contributed by atoms with E-state index in [0.29, 0.717) is 5.56 Å². The van der Waals surface area contributed by atoms with Gasteiger partial charge in [0.25, 0.3) is 0 Å². The third-order valence-electron chi connectivity index (χ3n) is 3.48. The zero-order chi connectivity index (χ0) is 13.3. The lowest BCUT2D eigenvalue weighted by Crippen LogP contribution is -2.50. The van der Waals surface area contributed by atoms with Crippen LogP contribution in [0.25, 0.3) is 6.08 Å². The molecule has 0 spiro atoms. The summed E-state index contributed by atoms with van der Waals surface area (Å²) in [5, 5.41) is 29.5. The van der Waals surface area contributed by atoms with E-state index in [4.69, 9.17) is 4.74 Å². The Bertz CT molecular complexity index is 455. The van der Waals surface area contributed by atoms with E-state index in [9.17, 15) is 15.3 Å². The molecule has 0 radical (unpaired) electrons. The van der Waals surface area contributed by atoms with Crippen molar-refractivity contribution in [1.29, 1.82) is 0 Å². The molecule has 0 saturated carbocycles. The third-order valence-corrected chi connectivity index (χ3v) is 3.48. The van der Waals surface area contributed by atoms with E-state index in [-0.39, 0.29) is 12.4 Å². The summed E-state index contributed by atoms with van der Waals surface area (Å²) in [5.74, 6) is 0.157. The number of fused-ring (bicyclic) bond motifs is 1. The normalized spacial score (nSPS) is 20.9. The van der Waals surface area contributed by atoms with Crippen LogP contribution in [-0.2, 0) is 11.3 Å². The Balaban J connectivity index is 2.44. The fourth-order valence-corrected chi connectivity index (χ4v) is 2.24. The molecule has 98 valence electrons. The molecule has 1 aromatic rings. The number of hydrogen-bond donors (Lipinski definition) is 3. The maximum Gasteiger partial charge on any atom is 0.138 e. The van der Waals surface area contributed by atoms with E-state index < -0.39 is 17.8 Å². The fraction of sp³-hybridized carbons (Fsp3) is 0.429. The highest BCUT2D eigenvalue weighted by Gasteiger charge is 2.40. The van der Waals surface area contributed by atoms with Crippen molar-refractivity contribution >= 4 is 6.08 Å². The molecular weight excluding hydrogens is 232 g/mol. The average Bonchev–Trinajstić information content (AvgIpc) is 2.50. The molecule has 0 unspecified atom stereocenters. The number of ether oxygens (including phenoxy) is 1. The molecule has 1 aliphatic heterocycles. The van der Waals surface area contributed by atoms with Crippen molar-refractivity contribution < 1.29 is 20.1 Å². The van der Waals surface area contributed by atoms with Gasteiger partial charge >= 0.3 is 0 Å². The topological polar surface area (TPSA) is 69.9 Å². The van der Waals surface area contributed by atoms with Crippen molar-refractivity contribution in [2.24, 2.45) is 0 Å². The smallest absolute Gasteiger partial charge is 0.138 e. The van der Waals surface area contributed by atoms with Gasteiger partial charge in [-0.1, -0.05) is 18.2 Å². The third kappa shape index (κ3) is 2.03. The van der Waals surface area contributed by atoms with Crippen LogP contribution in [0.4, 0.5) is 0 Å². The molecule has 0 aromatic heterocycles. The highest BCUT2D eigenvalue weighted by molar-refractivity contribution is 5.59. The standard InChI is InChI=1S/C14H18O4/c1-9(15)14(10(2)16)7-6-11-4-3-5-13(17)12(11)8-18-14/h3-7,9-10,15-17H,8H2,1-2H3/t9-,10-/m0/s1. The van der Waals surface area contributed by atoms with Crippen LogP contribution in [0.5, 0.6) is 5.75 Å². The molecule has 2 atom stereocenters. The Kier molecular flexibility index (Phi) is 3.43. The van der Waals surface area contributed by atoms with Gasteiger partial charge in [-0.25, -0.2) is 0 Å². The van der Waals surface area contributed by atoms with E-state index in [0.717, 1.165) is 5.56 Å². The van der Waals surface area contributed by atoms with Gasteiger partial charge in [-0.2, -0.15) is 0 Å². The average molecular weight is 250 g/mol. The largest absolute Gasteiger partial charge is 0.508 e. The molecule has 1 heterocycles. The predicted octanol–water partition coefficient (Wildman–Crippen LogP) is 1.44.